The van der Waals surface area contributed by atoms with E-state index in [9.17, 15) is 0 Å². The maximum atomic E-state index is 8.97. The summed E-state index contributed by atoms with van der Waals surface area (Å²) < 4.78 is 1.77. The van der Waals surface area contributed by atoms with Crippen LogP contribution < -0.4 is 5.32 Å². The van der Waals surface area contributed by atoms with Crippen molar-refractivity contribution < 1.29 is 0 Å². The van der Waals surface area contributed by atoms with Crippen molar-refractivity contribution >= 4 is 0 Å². The predicted octanol–water partition coefficient (Wildman–Crippen LogP) is 0.769. The molecule has 1 aliphatic rings. The molecule has 5 heteroatoms. The van der Waals surface area contributed by atoms with E-state index < -0.39 is 0 Å². The van der Waals surface area contributed by atoms with E-state index in [4.69, 9.17) is 10.5 Å². The van der Waals surface area contributed by atoms with E-state index in [1.165, 1.54) is 12.8 Å². The summed E-state index contributed by atoms with van der Waals surface area (Å²) in [4.78, 5) is 3.92. The molecule has 0 aromatic carbocycles. The number of hydrogen-bond donors (Lipinski definition) is 1. The van der Waals surface area contributed by atoms with Crippen LogP contribution in [0.5, 0.6) is 0 Å². The Balaban J connectivity index is 2.12. The Bertz CT molecular complexity index is 442. The summed E-state index contributed by atoms with van der Waals surface area (Å²) in [6.07, 6.45) is 5.13. The number of hydrogen-bond acceptors (Lipinski definition) is 4. The summed E-state index contributed by atoms with van der Waals surface area (Å²) in [7, 11) is 0. The number of nitrogens with zero attached hydrogens (tertiary/aromatic N) is 4. The van der Waals surface area contributed by atoms with Gasteiger partial charge < -0.3 is 9.88 Å². The van der Waals surface area contributed by atoms with Gasteiger partial charge in [0.05, 0.1) is 6.33 Å². The van der Waals surface area contributed by atoms with Crippen LogP contribution in [0.1, 0.15) is 30.7 Å². The van der Waals surface area contributed by atoms with Crippen molar-refractivity contribution in [2.24, 2.45) is 0 Å². The van der Waals surface area contributed by atoms with E-state index in [1.807, 2.05) is 12.1 Å². The van der Waals surface area contributed by atoms with Crippen molar-refractivity contribution in [3.8, 4) is 12.1 Å². The van der Waals surface area contributed by atoms with E-state index in [0.29, 0.717) is 11.7 Å². The minimum atomic E-state index is 0.221. The van der Waals surface area contributed by atoms with E-state index >= 15 is 0 Å². The van der Waals surface area contributed by atoms with Gasteiger partial charge in [0.1, 0.15) is 12.1 Å². The van der Waals surface area contributed by atoms with Gasteiger partial charge in [0.15, 0.2) is 11.4 Å². The Hall–Kier alpha value is -1.85. The third kappa shape index (κ3) is 2.05. The third-order valence-electron chi connectivity index (χ3n) is 2.88. The van der Waals surface area contributed by atoms with Gasteiger partial charge >= 0.3 is 0 Å². The number of rotatable bonds is 2. The second-order valence-corrected chi connectivity index (χ2v) is 3.96. The van der Waals surface area contributed by atoms with Gasteiger partial charge in [-0.3, -0.25) is 0 Å². The molecule has 0 bridgehead atoms. The second-order valence-electron chi connectivity index (χ2n) is 3.96. The lowest BCUT2D eigenvalue weighted by atomic mass is 10.1. The number of imidazole rings is 1. The van der Waals surface area contributed by atoms with Crippen LogP contribution in [0.15, 0.2) is 6.33 Å². The maximum absolute atomic E-state index is 8.97. The van der Waals surface area contributed by atoms with Gasteiger partial charge in [0.2, 0.25) is 0 Å². The lowest BCUT2D eigenvalue weighted by Gasteiger charge is -2.23. The van der Waals surface area contributed by atoms with Gasteiger partial charge in [-0.05, 0) is 19.4 Å². The van der Waals surface area contributed by atoms with Crippen molar-refractivity contribution in [3.05, 3.63) is 17.7 Å². The Kier molecular flexibility index (Phi) is 3.19. The highest BCUT2D eigenvalue weighted by Crippen LogP contribution is 2.12. The zero-order valence-electron chi connectivity index (χ0n) is 8.98. The van der Waals surface area contributed by atoms with Gasteiger partial charge in [-0.1, -0.05) is 6.42 Å². The SMILES string of the molecule is N#Cc1ncn(CC2CCCCN2)c1C#N. The third-order valence-corrected chi connectivity index (χ3v) is 2.88. The van der Waals surface area contributed by atoms with Crippen LogP contribution in [0.2, 0.25) is 0 Å². The van der Waals surface area contributed by atoms with E-state index in [2.05, 4.69) is 10.3 Å². The van der Waals surface area contributed by atoms with E-state index in [0.717, 1.165) is 19.5 Å². The molecular formula is C11H13N5. The first-order valence-electron chi connectivity index (χ1n) is 5.44. The lowest BCUT2D eigenvalue weighted by molar-refractivity contribution is 0.362. The Morgan fingerprint density at radius 1 is 1.44 bits per heavy atom. The molecule has 16 heavy (non-hydrogen) atoms. The molecule has 82 valence electrons. The van der Waals surface area contributed by atoms with Crippen molar-refractivity contribution in [2.75, 3.05) is 6.54 Å². The average molecular weight is 215 g/mol. The van der Waals surface area contributed by atoms with E-state index in [1.54, 1.807) is 10.9 Å². The smallest absolute Gasteiger partial charge is 0.176 e. The van der Waals surface area contributed by atoms with Crippen molar-refractivity contribution in [3.63, 3.8) is 0 Å². The summed E-state index contributed by atoms with van der Waals surface area (Å²) in [6.45, 7) is 1.75. The molecule has 1 fully saturated rings. The molecule has 2 heterocycles. The molecular weight excluding hydrogens is 202 g/mol. The van der Waals surface area contributed by atoms with Crippen LogP contribution in [0.25, 0.3) is 0 Å². The predicted molar refractivity (Wildman–Crippen MR) is 57.3 cm³/mol. The molecule has 0 amide bonds. The Morgan fingerprint density at radius 3 is 2.94 bits per heavy atom. The molecule has 0 aliphatic carbocycles. The molecule has 5 nitrogen and oxygen atoms in total. The minimum absolute atomic E-state index is 0.221. The zero-order chi connectivity index (χ0) is 11.4. The molecule has 0 saturated carbocycles. The normalized spacial score (nSPS) is 20.0. The summed E-state index contributed by atoms with van der Waals surface area (Å²) >= 11 is 0. The highest BCUT2D eigenvalue weighted by molar-refractivity contribution is 5.36. The van der Waals surface area contributed by atoms with Crippen LogP contribution >= 0.6 is 0 Å². The first-order chi connectivity index (χ1) is 7.85. The van der Waals surface area contributed by atoms with Gasteiger partial charge in [0, 0.05) is 12.6 Å². The molecule has 2 rings (SSSR count). The lowest BCUT2D eigenvalue weighted by Crippen LogP contribution is -2.37. The number of piperidine rings is 1. The standard InChI is InChI=1S/C11H13N5/c12-5-10-11(6-13)16(8-15-10)7-9-3-1-2-4-14-9/h8-9,14H,1-4,7H2. The Labute approximate surface area is 94.3 Å². The van der Waals surface area contributed by atoms with Crippen molar-refractivity contribution in [1.29, 1.82) is 10.5 Å². The summed E-state index contributed by atoms with van der Waals surface area (Å²) in [6, 6.07) is 4.35. The second kappa shape index (κ2) is 4.78. The van der Waals surface area contributed by atoms with Crippen LogP contribution in [0.4, 0.5) is 0 Å². The average Bonchev–Trinajstić information content (AvgIpc) is 2.72. The number of nitriles is 2. The highest BCUT2D eigenvalue weighted by Gasteiger charge is 2.16. The molecule has 1 saturated heterocycles. The number of nitrogens with one attached hydrogen (secondary N) is 1. The maximum Gasteiger partial charge on any atom is 0.176 e. The fourth-order valence-corrected chi connectivity index (χ4v) is 2.04. The molecule has 1 aromatic rings. The van der Waals surface area contributed by atoms with E-state index in [-0.39, 0.29) is 5.69 Å². The largest absolute Gasteiger partial charge is 0.320 e. The molecule has 0 spiro atoms. The van der Waals surface area contributed by atoms with Crippen LogP contribution in [0, 0.1) is 22.7 Å². The first kappa shape index (κ1) is 10.7. The molecule has 1 unspecified atom stereocenters. The molecule has 0 radical (unpaired) electrons. The van der Waals surface area contributed by atoms with Crippen LogP contribution in [0.3, 0.4) is 0 Å². The minimum Gasteiger partial charge on any atom is -0.320 e. The van der Waals surface area contributed by atoms with Crippen LogP contribution in [-0.2, 0) is 6.54 Å². The number of aromatic nitrogens is 2. The van der Waals surface area contributed by atoms with Crippen molar-refractivity contribution in [2.45, 2.75) is 31.8 Å². The fraction of sp³-hybridized carbons (Fsp3) is 0.545. The molecule has 1 aromatic heterocycles. The first-order valence-corrected chi connectivity index (χ1v) is 5.44. The molecule has 1 aliphatic heterocycles. The zero-order valence-corrected chi connectivity index (χ0v) is 8.98. The van der Waals surface area contributed by atoms with Crippen LogP contribution in [-0.4, -0.2) is 22.1 Å². The van der Waals surface area contributed by atoms with Gasteiger partial charge in [-0.2, -0.15) is 10.5 Å². The van der Waals surface area contributed by atoms with Crippen molar-refractivity contribution in [1.82, 2.24) is 14.9 Å². The molecule has 1 atom stereocenters. The quantitative estimate of drug-likeness (QED) is 0.790. The summed E-state index contributed by atoms with van der Waals surface area (Å²) in [5.74, 6) is 0. The monoisotopic (exact) mass is 215 g/mol. The fourth-order valence-electron chi connectivity index (χ4n) is 2.04. The summed E-state index contributed by atoms with van der Waals surface area (Å²) in [5, 5.41) is 21.1. The van der Waals surface area contributed by atoms with Gasteiger partial charge in [0.25, 0.3) is 0 Å². The van der Waals surface area contributed by atoms with Gasteiger partial charge in [-0.15, -0.1) is 0 Å². The van der Waals surface area contributed by atoms with Gasteiger partial charge in [-0.25, -0.2) is 4.98 Å². The highest BCUT2D eigenvalue weighted by atomic mass is 15.1. The molecule has 1 N–H and O–H groups in total. The Morgan fingerprint density at radius 2 is 2.31 bits per heavy atom. The topological polar surface area (TPSA) is 77.4 Å². The summed E-state index contributed by atoms with van der Waals surface area (Å²) in [5.41, 5.74) is 0.591.